The van der Waals surface area contributed by atoms with E-state index in [9.17, 15) is 9.90 Å². The largest absolute Gasteiger partial charge is 0.481 e. The molecule has 0 amide bonds. The van der Waals surface area contributed by atoms with E-state index in [1.807, 2.05) is 42.1 Å². The van der Waals surface area contributed by atoms with Crippen LogP contribution in [0.25, 0.3) is 5.69 Å². The number of carboxylic acids is 1. The summed E-state index contributed by atoms with van der Waals surface area (Å²) in [4.78, 5) is 11.4. The Balaban J connectivity index is 2.17. The highest BCUT2D eigenvalue weighted by atomic mass is 16.4. The highest BCUT2D eigenvalue weighted by molar-refractivity contribution is 5.76. The Morgan fingerprint density at radius 3 is 2.95 bits per heavy atom. The van der Waals surface area contributed by atoms with Crippen molar-refractivity contribution in [3.8, 4) is 5.69 Å². The average Bonchev–Trinajstić information content (AvgIpc) is 2.82. The molecule has 0 saturated heterocycles. The first-order chi connectivity index (χ1) is 9.18. The molecular weight excluding hydrogens is 240 g/mol. The summed E-state index contributed by atoms with van der Waals surface area (Å²) in [5.74, 6) is -1.19. The summed E-state index contributed by atoms with van der Waals surface area (Å²) in [6, 6.07) is 7.93. The third-order valence-corrected chi connectivity index (χ3v) is 3.80. The Morgan fingerprint density at radius 2 is 2.21 bits per heavy atom. The molecule has 0 bridgehead atoms. The number of aliphatic carboxylic acids is 1. The molecule has 1 aliphatic rings. The summed E-state index contributed by atoms with van der Waals surface area (Å²) >= 11 is 0. The van der Waals surface area contributed by atoms with Crippen molar-refractivity contribution in [2.75, 3.05) is 0 Å². The second kappa shape index (κ2) is 4.53. The van der Waals surface area contributed by atoms with Gasteiger partial charge in [-0.3, -0.25) is 4.79 Å². The highest BCUT2D eigenvalue weighted by Crippen LogP contribution is 2.33. The second-order valence-corrected chi connectivity index (χ2v) is 5.04. The summed E-state index contributed by atoms with van der Waals surface area (Å²) in [5, 5.41) is 13.8. The van der Waals surface area contributed by atoms with Crippen molar-refractivity contribution in [1.29, 1.82) is 0 Å². The maximum absolute atomic E-state index is 11.4. The predicted molar refractivity (Wildman–Crippen MR) is 71.6 cm³/mol. The minimum atomic E-state index is -0.753. The van der Waals surface area contributed by atoms with E-state index in [-0.39, 0.29) is 0 Å². The average molecular weight is 256 g/mol. The van der Waals surface area contributed by atoms with Crippen LogP contribution in [0.2, 0.25) is 0 Å². The predicted octanol–water partition coefficient (Wildman–Crippen LogP) is 2.69. The van der Waals surface area contributed by atoms with Crippen molar-refractivity contribution in [3.63, 3.8) is 0 Å². The first kappa shape index (κ1) is 12.0. The Morgan fingerprint density at radius 1 is 1.42 bits per heavy atom. The highest BCUT2D eigenvalue weighted by Gasteiger charge is 2.30. The lowest BCUT2D eigenvalue weighted by atomic mass is 9.88. The maximum Gasteiger partial charge on any atom is 0.312 e. The lowest BCUT2D eigenvalue weighted by Crippen LogP contribution is -2.21. The quantitative estimate of drug-likeness (QED) is 0.898. The van der Waals surface area contributed by atoms with Gasteiger partial charge in [-0.25, -0.2) is 4.68 Å². The van der Waals surface area contributed by atoms with Gasteiger partial charge >= 0.3 is 5.97 Å². The van der Waals surface area contributed by atoms with Crippen molar-refractivity contribution in [2.45, 2.75) is 32.1 Å². The molecule has 98 valence electrons. The number of hydrogen-bond acceptors (Lipinski definition) is 2. The monoisotopic (exact) mass is 256 g/mol. The van der Waals surface area contributed by atoms with E-state index in [0.717, 1.165) is 35.3 Å². The zero-order valence-corrected chi connectivity index (χ0v) is 10.8. The van der Waals surface area contributed by atoms with Gasteiger partial charge in [0.1, 0.15) is 0 Å². The van der Waals surface area contributed by atoms with Gasteiger partial charge in [0.25, 0.3) is 0 Å². The third-order valence-electron chi connectivity index (χ3n) is 3.80. The Kier molecular flexibility index (Phi) is 2.85. The third kappa shape index (κ3) is 1.93. The fourth-order valence-electron chi connectivity index (χ4n) is 2.82. The molecule has 19 heavy (non-hydrogen) atoms. The smallest absolute Gasteiger partial charge is 0.312 e. The molecule has 0 aliphatic heterocycles. The van der Waals surface area contributed by atoms with E-state index in [2.05, 4.69) is 5.10 Å². The first-order valence-electron chi connectivity index (χ1n) is 6.54. The van der Waals surface area contributed by atoms with Crippen LogP contribution in [0.3, 0.4) is 0 Å². The Labute approximate surface area is 111 Å². The van der Waals surface area contributed by atoms with Crippen molar-refractivity contribution >= 4 is 5.97 Å². The number of carbonyl (C=O) groups is 1. The number of aryl methyl sites for hydroxylation is 2. The van der Waals surface area contributed by atoms with Crippen LogP contribution in [0.1, 0.15) is 35.6 Å². The molecule has 0 fully saturated rings. The molecule has 1 N–H and O–H groups in total. The Hall–Kier alpha value is -2.10. The standard InChI is InChI=1S/C15H16N2O2/c1-10-5-2-3-8-13(10)17-14-11(9-16-17)6-4-7-12(14)15(18)19/h2-3,5,8-9,12H,4,6-7H2,1H3,(H,18,19). The van der Waals surface area contributed by atoms with E-state index in [0.29, 0.717) is 6.42 Å². The van der Waals surface area contributed by atoms with Gasteiger partial charge in [0.05, 0.1) is 23.5 Å². The fourth-order valence-corrected chi connectivity index (χ4v) is 2.82. The normalized spacial score (nSPS) is 18.1. The number of rotatable bonds is 2. The molecule has 0 spiro atoms. The topological polar surface area (TPSA) is 55.1 Å². The molecule has 2 aromatic rings. The van der Waals surface area contributed by atoms with Gasteiger partial charge in [-0.15, -0.1) is 0 Å². The van der Waals surface area contributed by atoms with Crippen molar-refractivity contribution in [2.24, 2.45) is 0 Å². The van der Waals surface area contributed by atoms with Gasteiger partial charge in [-0.2, -0.15) is 5.10 Å². The molecule has 1 aliphatic carbocycles. The second-order valence-electron chi connectivity index (χ2n) is 5.04. The van der Waals surface area contributed by atoms with Crippen molar-refractivity contribution in [1.82, 2.24) is 9.78 Å². The zero-order valence-electron chi connectivity index (χ0n) is 10.8. The molecule has 1 aromatic carbocycles. The van der Waals surface area contributed by atoms with Crippen LogP contribution in [0, 0.1) is 6.92 Å². The van der Waals surface area contributed by atoms with Gasteiger partial charge in [0.2, 0.25) is 0 Å². The number of benzene rings is 1. The first-order valence-corrected chi connectivity index (χ1v) is 6.54. The van der Waals surface area contributed by atoms with Crippen LogP contribution in [0.4, 0.5) is 0 Å². The van der Waals surface area contributed by atoms with Gasteiger partial charge in [0, 0.05) is 0 Å². The molecule has 1 aromatic heterocycles. The number of para-hydroxylation sites is 1. The molecule has 0 saturated carbocycles. The van der Waals surface area contributed by atoms with Gasteiger partial charge < -0.3 is 5.11 Å². The van der Waals surface area contributed by atoms with Crippen molar-refractivity contribution < 1.29 is 9.90 Å². The number of carboxylic acid groups (broad SMARTS) is 1. The molecule has 1 unspecified atom stereocenters. The van der Waals surface area contributed by atoms with Gasteiger partial charge in [-0.1, -0.05) is 18.2 Å². The molecule has 3 rings (SSSR count). The summed E-state index contributed by atoms with van der Waals surface area (Å²) < 4.78 is 1.81. The summed E-state index contributed by atoms with van der Waals surface area (Å²) in [6.07, 6.45) is 4.35. The van der Waals surface area contributed by atoms with E-state index in [1.54, 1.807) is 0 Å². The minimum Gasteiger partial charge on any atom is -0.481 e. The molecule has 0 radical (unpaired) electrons. The lowest BCUT2D eigenvalue weighted by Gasteiger charge is -2.21. The van der Waals surface area contributed by atoms with E-state index in [1.165, 1.54) is 0 Å². The van der Waals surface area contributed by atoms with Crippen molar-refractivity contribution in [3.05, 3.63) is 47.3 Å². The number of aromatic nitrogens is 2. The summed E-state index contributed by atoms with van der Waals surface area (Å²) in [7, 11) is 0. The van der Waals surface area contributed by atoms with Crippen LogP contribution in [0.5, 0.6) is 0 Å². The molecule has 4 heteroatoms. The SMILES string of the molecule is Cc1ccccc1-n1ncc2c1C(C(=O)O)CCC2. The van der Waals surface area contributed by atoms with Crippen LogP contribution in [-0.2, 0) is 11.2 Å². The van der Waals surface area contributed by atoms with Crippen LogP contribution in [-0.4, -0.2) is 20.9 Å². The van der Waals surface area contributed by atoms with E-state index >= 15 is 0 Å². The Bertz CT molecular complexity index is 631. The number of hydrogen-bond donors (Lipinski definition) is 1. The molecule has 1 heterocycles. The zero-order chi connectivity index (χ0) is 13.4. The van der Waals surface area contributed by atoms with Gasteiger partial charge in [0.15, 0.2) is 0 Å². The number of nitrogens with zero attached hydrogens (tertiary/aromatic N) is 2. The van der Waals surface area contributed by atoms with Crippen LogP contribution >= 0.6 is 0 Å². The minimum absolute atomic E-state index is 0.439. The molecule has 4 nitrogen and oxygen atoms in total. The summed E-state index contributed by atoms with van der Waals surface area (Å²) in [5.41, 5.74) is 4.00. The van der Waals surface area contributed by atoms with Crippen LogP contribution < -0.4 is 0 Å². The van der Waals surface area contributed by atoms with Crippen LogP contribution in [0.15, 0.2) is 30.5 Å². The van der Waals surface area contributed by atoms with Gasteiger partial charge in [-0.05, 0) is 43.4 Å². The molecule has 1 atom stereocenters. The fraction of sp³-hybridized carbons (Fsp3) is 0.333. The van der Waals surface area contributed by atoms with E-state index < -0.39 is 11.9 Å². The van der Waals surface area contributed by atoms with E-state index in [4.69, 9.17) is 0 Å². The maximum atomic E-state index is 11.4. The molecular formula is C15H16N2O2. The lowest BCUT2D eigenvalue weighted by molar-refractivity contribution is -0.139. The number of fused-ring (bicyclic) bond motifs is 1. The summed E-state index contributed by atoms with van der Waals surface area (Å²) in [6.45, 7) is 2.02.